The summed E-state index contributed by atoms with van der Waals surface area (Å²) in [6.07, 6.45) is 1.32. The van der Waals surface area contributed by atoms with Crippen LogP contribution in [0.5, 0.6) is 5.75 Å². The summed E-state index contributed by atoms with van der Waals surface area (Å²) in [5.41, 5.74) is 2.62. The molecule has 0 aliphatic carbocycles. The Morgan fingerprint density at radius 3 is 2.39 bits per heavy atom. The van der Waals surface area contributed by atoms with Crippen molar-refractivity contribution < 1.29 is 14.3 Å². The molecule has 1 aromatic rings. The Kier molecular flexibility index (Phi) is 5.64. The number of methoxy groups -OCH3 is 1. The average molecular weight is 318 g/mol. The molecule has 0 radical (unpaired) electrons. The summed E-state index contributed by atoms with van der Waals surface area (Å²) in [6.45, 7) is 8.37. The van der Waals surface area contributed by atoms with Gasteiger partial charge in [0.1, 0.15) is 5.75 Å². The van der Waals surface area contributed by atoms with E-state index in [1.54, 1.807) is 7.11 Å². The van der Waals surface area contributed by atoms with Crippen molar-refractivity contribution in [3.05, 3.63) is 28.8 Å². The number of benzene rings is 1. The maximum absolute atomic E-state index is 12.9. The molecular formula is C18H26N2O3. The third-order valence-electron chi connectivity index (χ3n) is 4.29. The Balaban J connectivity index is 2.19. The summed E-state index contributed by atoms with van der Waals surface area (Å²) in [5, 5.41) is 0. The predicted molar refractivity (Wildman–Crippen MR) is 89.9 cm³/mol. The van der Waals surface area contributed by atoms with Crippen molar-refractivity contribution in [3.8, 4) is 5.75 Å². The van der Waals surface area contributed by atoms with Crippen LogP contribution in [0.25, 0.3) is 0 Å². The first-order valence-corrected chi connectivity index (χ1v) is 8.20. The fraction of sp³-hybridized carbons (Fsp3) is 0.556. The highest BCUT2D eigenvalue weighted by atomic mass is 16.5. The molecule has 1 fully saturated rings. The lowest BCUT2D eigenvalue weighted by Crippen LogP contribution is -2.37. The van der Waals surface area contributed by atoms with E-state index in [4.69, 9.17) is 4.74 Å². The molecule has 0 bridgehead atoms. The van der Waals surface area contributed by atoms with E-state index < -0.39 is 0 Å². The van der Waals surface area contributed by atoms with Crippen molar-refractivity contribution in [2.75, 3.05) is 33.3 Å². The molecule has 0 unspecified atom stereocenters. The first kappa shape index (κ1) is 17.3. The molecule has 5 nitrogen and oxygen atoms in total. The van der Waals surface area contributed by atoms with E-state index in [1.807, 2.05) is 42.7 Å². The number of hydrogen-bond donors (Lipinski definition) is 0. The molecule has 126 valence electrons. The number of rotatable bonds is 3. The molecule has 2 amide bonds. The van der Waals surface area contributed by atoms with E-state index in [1.165, 1.54) is 0 Å². The van der Waals surface area contributed by atoms with E-state index in [0.29, 0.717) is 37.4 Å². The fourth-order valence-corrected chi connectivity index (χ4v) is 3.15. The Labute approximate surface area is 138 Å². The fourth-order valence-electron chi connectivity index (χ4n) is 3.15. The van der Waals surface area contributed by atoms with Gasteiger partial charge in [0.25, 0.3) is 5.91 Å². The second-order valence-corrected chi connectivity index (χ2v) is 6.04. The minimum atomic E-state index is -0.0144. The number of amides is 2. The zero-order valence-corrected chi connectivity index (χ0v) is 14.5. The topological polar surface area (TPSA) is 49.9 Å². The minimum absolute atomic E-state index is 0.0144. The minimum Gasteiger partial charge on any atom is -0.496 e. The highest BCUT2D eigenvalue weighted by Gasteiger charge is 2.24. The van der Waals surface area contributed by atoms with Gasteiger partial charge in [0.2, 0.25) is 5.91 Å². The first-order chi connectivity index (χ1) is 11.0. The zero-order valence-electron chi connectivity index (χ0n) is 14.5. The van der Waals surface area contributed by atoms with Gasteiger partial charge in [-0.3, -0.25) is 9.59 Å². The maximum Gasteiger partial charge on any atom is 0.257 e. The second-order valence-electron chi connectivity index (χ2n) is 6.04. The Morgan fingerprint density at radius 2 is 1.74 bits per heavy atom. The summed E-state index contributed by atoms with van der Waals surface area (Å²) < 4.78 is 5.44. The van der Waals surface area contributed by atoms with Gasteiger partial charge in [-0.15, -0.1) is 0 Å². The van der Waals surface area contributed by atoms with Crippen molar-refractivity contribution in [3.63, 3.8) is 0 Å². The summed E-state index contributed by atoms with van der Waals surface area (Å²) in [6, 6.07) is 3.90. The SMILES string of the molecule is CCC(=O)N1CCCN(C(=O)c2cc(C)cc(C)c2OC)CC1. The van der Waals surface area contributed by atoms with Crippen LogP contribution in [0.2, 0.25) is 0 Å². The third-order valence-corrected chi connectivity index (χ3v) is 4.29. The van der Waals surface area contributed by atoms with Crippen LogP contribution in [0.15, 0.2) is 12.1 Å². The van der Waals surface area contributed by atoms with Crippen LogP contribution in [-0.4, -0.2) is 54.9 Å². The molecule has 1 aliphatic heterocycles. The van der Waals surface area contributed by atoms with Crippen molar-refractivity contribution in [2.45, 2.75) is 33.6 Å². The van der Waals surface area contributed by atoms with Gasteiger partial charge in [-0.25, -0.2) is 0 Å². The molecule has 1 saturated heterocycles. The standard InChI is InChI=1S/C18H26N2O3/c1-5-16(21)19-7-6-8-20(10-9-19)18(22)15-12-13(2)11-14(3)17(15)23-4/h11-12H,5-10H2,1-4H3. The molecule has 1 heterocycles. The molecule has 5 heteroatoms. The Hall–Kier alpha value is -2.04. The number of hydrogen-bond acceptors (Lipinski definition) is 3. The lowest BCUT2D eigenvalue weighted by molar-refractivity contribution is -0.130. The number of aryl methyl sites for hydroxylation is 2. The Bertz CT molecular complexity index is 598. The van der Waals surface area contributed by atoms with Gasteiger partial charge < -0.3 is 14.5 Å². The van der Waals surface area contributed by atoms with Crippen LogP contribution in [0.4, 0.5) is 0 Å². The summed E-state index contributed by atoms with van der Waals surface area (Å²) in [7, 11) is 1.60. The van der Waals surface area contributed by atoms with E-state index in [-0.39, 0.29) is 11.8 Å². The average Bonchev–Trinajstić information content (AvgIpc) is 2.78. The lowest BCUT2D eigenvalue weighted by atomic mass is 10.0. The van der Waals surface area contributed by atoms with Crippen LogP contribution in [0, 0.1) is 13.8 Å². The molecular weight excluding hydrogens is 292 g/mol. The van der Waals surface area contributed by atoms with Crippen molar-refractivity contribution in [1.29, 1.82) is 0 Å². The summed E-state index contributed by atoms with van der Waals surface area (Å²) >= 11 is 0. The van der Waals surface area contributed by atoms with Crippen LogP contribution in [0.3, 0.4) is 0 Å². The summed E-state index contributed by atoms with van der Waals surface area (Å²) in [4.78, 5) is 28.5. The molecule has 23 heavy (non-hydrogen) atoms. The highest BCUT2D eigenvalue weighted by Crippen LogP contribution is 2.26. The molecule has 0 saturated carbocycles. The highest BCUT2D eigenvalue weighted by molar-refractivity contribution is 5.97. The van der Waals surface area contributed by atoms with E-state index in [0.717, 1.165) is 24.1 Å². The number of ether oxygens (including phenoxy) is 1. The molecule has 2 rings (SSSR count). The smallest absolute Gasteiger partial charge is 0.257 e. The quantitative estimate of drug-likeness (QED) is 0.860. The van der Waals surface area contributed by atoms with Crippen LogP contribution in [0.1, 0.15) is 41.3 Å². The van der Waals surface area contributed by atoms with Gasteiger partial charge >= 0.3 is 0 Å². The van der Waals surface area contributed by atoms with Crippen LogP contribution >= 0.6 is 0 Å². The number of nitrogens with zero attached hydrogens (tertiary/aromatic N) is 2. The van der Waals surface area contributed by atoms with Crippen molar-refractivity contribution in [1.82, 2.24) is 9.80 Å². The van der Waals surface area contributed by atoms with Gasteiger partial charge in [-0.2, -0.15) is 0 Å². The molecule has 1 aromatic carbocycles. The van der Waals surface area contributed by atoms with Crippen molar-refractivity contribution >= 4 is 11.8 Å². The van der Waals surface area contributed by atoms with E-state index >= 15 is 0 Å². The van der Waals surface area contributed by atoms with Gasteiger partial charge in [0.15, 0.2) is 0 Å². The first-order valence-electron chi connectivity index (χ1n) is 8.20. The monoisotopic (exact) mass is 318 g/mol. The molecule has 0 N–H and O–H groups in total. The second kappa shape index (κ2) is 7.49. The van der Waals surface area contributed by atoms with Crippen molar-refractivity contribution in [2.24, 2.45) is 0 Å². The van der Waals surface area contributed by atoms with E-state index in [9.17, 15) is 9.59 Å². The van der Waals surface area contributed by atoms with Crippen LogP contribution < -0.4 is 4.74 Å². The normalized spacial score (nSPS) is 15.3. The molecule has 0 aromatic heterocycles. The summed E-state index contributed by atoms with van der Waals surface area (Å²) in [5.74, 6) is 0.786. The molecule has 0 spiro atoms. The van der Waals surface area contributed by atoms with Gasteiger partial charge in [0, 0.05) is 32.6 Å². The van der Waals surface area contributed by atoms with Gasteiger partial charge in [-0.05, 0) is 37.5 Å². The number of carbonyl (C=O) groups excluding carboxylic acids is 2. The molecule has 1 aliphatic rings. The lowest BCUT2D eigenvalue weighted by Gasteiger charge is -2.23. The maximum atomic E-state index is 12.9. The Morgan fingerprint density at radius 1 is 1.09 bits per heavy atom. The number of carbonyl (C=O) groups is 2. The zero-order chi connectivity index (χ0) is 17.0. The van der Waals surface area contributed by atoms with Gasteiger partial charge in [0.05, 0.1) is 12.7 Å². The van der Waals surface area contributed by atoms with Gasteiger partial charge in [-0.1, -0.05) is 13.0 Å². The predicted octanol–water partition coefficient (Wildman–Crippen LogP) is 2.40. The van der Waals surface area contributed by atoms with E-state index in [2.05, 4.69) is 0 Å². The molecule has 0 atom stereocenters. The van der Waals surface area contributed by atoms with Crippen LogP contribution in [-0.2, 0) is 4.79 Å². The largest absolute Gasteiger partial charge is 0.496 e. The third kappa shape index (κ3) is 3.84.